The summed E-state index contributed by atoms with van der Waals surface area (Å²) in [6.45, 7) is 8.30. The molecule has 14 nitrogen and oxygen atoms in total. The molecule has 2 fully saturated rings. The van der Waals surface area contributed by atoms with E-state index in [0.717, 1.165) is 42.0 Å². The van der Waals surface area contributed by atoms with Crippen LogP contribution in [-0.4, -0.2) is 67.4 Å². The lowest BCUT2D eigenvalue weighted by Gasteiger charge is -2.26. The third-order valence-corrected chi connectivity index (χ3v) is 12.5. The second-order valence-corrected chi connectivity index (χ2v) is 17.3. The molecule has 2 aliphatic carbocycles. The number of unbranched alkanes of at least 4 members (excludes halogenated alkanes) is 3. The number of rotatable bonds is 20. The summed E-state index contributed by atoms with van der Waals surface area (Å²) in [7, 11) is 1.37. The Labute approximate surface area is 377 Å². The third kappa shape index (κ3) is 13.5. The number of hydrogen-bond acceptors (Lipinski definition) is 15. The molecule has 2 aliphatic rings. The van der Waals surface area contributed by atoms with Gasteiger partial charge in [0.25, 0.3) is 0 Å². The van der Waals surface area contributed by atoms with E-state index < -0.39 is 23.8 Å². The molecular formula is C49H57N3O11S. The fourth-order valence-electron chi connectivity index (χ4n) is 7.74. The number of hydrazone groups is 1. The summed E-state index contributed by atoms with van der Waals surface area (Å²) < 4.78 is 34.3. The number of thiazole rings is 1. The smallest absolute Gasteiger partial charge is 0.330 e. The highest BCUT2D eigenvalue weighted by molar-refractivity contribution is 7.22. The predicted octanol–water partition coefficient (Wildman–Crippen LogP) is 9.42. The lowest BCUT2D eigenvalue weighted by molar-refractivity contribution is -0.149. The average Bonchev–Trinajstić information content (AvgIpc) is 3.74. The van der Waals surface area contributed by atoms with Gasteiger partial charge < -0.3 is 28.4 Å². The highest BCUT2D eigenvalue weighted by Gasteiger charge is 2.34. The largest absolute Gasteiger partial charge is 0.494 e. The number of anilines is 1. The fourth-order valence-corrected chi connectivity index (χ4v) is 8.80. The molecule has 0 spiro atoms. The van der Waals surface area contributed by atoms with Gasteiger partial charge in [-0.3, -0.25) is 19.2 Å². The van der Waals surface area contributed by atoms with E-state index in [1.54, 1.807) is 53.7 Å². The minimum Gasteiger partial charge on any atom is -0.494 e. The van der Waals surface area contributed by atoms with Crippen molar-refractivity contribution >= 4 is 62.7 Å². The van der Waals surface area contributed by atoms with Crippen molar-refractivity contribution in [2.45, 2.75) is 96.9 Å². The lowest BCUT2D eigenvalue weighted by atomic mass is 9.82. The molecule has 340 valence electrons. The number of esters is 5. The second kappa shape index (κ2) is 23.6. The number of hydrogen-bond donors (Lipinski definition) is 0. The first-order chi connectivity index (χ1) is 31.0. The summed E-state index contributed by atoms with van der Waals surface area (Å²) >= 11 is 1.51. The van der Waals surface area contributed by atoms with E-state index in [1.165, 1.54) is 18.4 Å². The van der Waals surface area contributed by atoms with E-state index in [2.05, 4.69) is 6.58 Å². The van der Waals surface area contributed by atoms with E-state index >= 15 is 0 Å². The summed E-state index contributed by atoms with van der Waals surface area (Å²) in [6, 6.07) is 19.5. The van der Waals surface area contributed by atoms with Crippen LogP contribution in [0, 0.1) is 23.7 Å². The molecule has 0 atom stereocenters. The molecule has 1 aromatic heterocycles. The molecule has 0 N–H and O–H groups in total. The molecule has 6 rings (SSSR count). The lowest BCUT2D eigenvalue weighted by Crippen LogP contribution is -2.30. The number of benzene rings is 3. The van der Waals surface area contributed by atoms with Gasteiger partial charge in [-0.05, 0) is 145 Å². The Morgan fingerprint density at radius 3 is 1.86 bits per heavy atom. The molecule has 0 radical (unpaired) electrons. The molecule has 1 heterocycles. The molecule has 0 unspecified atom stereocenters. The Kier molecular flexibility index (Phi) is 17.4. The van der Waals surface area contributed by atoms with Crippen LogP contribution in [0.4, 0.5) is 5.13 Å². The van der Waals surface area contributed by atoms with Gasteiger partial charge >= 0.3 is 29.8 Å². The third-order valence-electron chi connectivity index (χ3n) is 11.4. The van der Waals surface area contributed by atoms with E-state index in [0.29, 0.717) is 86.8 Å². The van der Waals surface area contributed by atoms with Crippen LogP contribution in [0.25, 0.3) is 10.2 Å². The molecule has 0 aliphatic heterocycles. The van der Waals surface area contributed by atoms with Gasteiger partial charge in [-0.25, -0.2) is 14.8 Å². The molecule has 0 amide bonds. The van der Waals surface area contributed by atoms with Crippen molar-refractivity contribution in [2.75, 3.05) is 25.3 Å². The minimum atomic E-state index is -0.416. The highest BCUT2D eigenvalue weighted by Crippen LogP contribution is 2.35. The molecule has 0 bridgehead atoms. The van der Waals surface area contributed by atoms with Crippen molar-refractivity contribution in [3.8, 4) is 23.0 Å². The van der Waals surface area contributed by atoms with Gasteiger partial charge in [0.05, 0.1) is 60.4 Å². The van der Waals surface area contributed by atoms with Crippen molar-refractivity contribution in [1.29, 1.82) is 0 Å². The zero-order chi connectivity index (χ0) is 45.4. The Bertz CT molecular complexity index is 2220. The maximum Gasteiger partial charge on any atom is 0.330 e. The molecule has 4 aromatic rings. The van der Waals surface area contributed by atoms with E-state index in [4.69, 9.17) is 38.5 Å². The summed E-state index contributed by atoms with van der Waals surface area (Å²) in [5, 5.41) is 7.27. The number of fused-ring (bicyclic) bond motifs is 1. The number of carbonyl (C=O) groups is 5. The number of methoxy groups -OCH3 is 1. The quantitative estimate of drug-likeness (QED) is 0.0206. The maximum absolute atomic E-state index is 13.5. The highest BCUT2D eigenvalue weighted by atomic mass is 32.1. The van der Waals surface area contributed by atoms with E-state index in [1.807, 2.05) is 38.1 Å². The van der Waals surface area contributed by atoms with Crippen LogP contribution in [0.1, 0.15) is 96.5 Å². The first-order valence-electron chi connectivity index (χ1n) is 22.1. The van der Waals surface area contributed by atoms with Crippen LogP contribution in [0.2, 0.25) is 0 Å². The Morgan fingerprint density at radius 1 is 0.719 bits per heavy atom. The van der Waals surface area contributed by atoms with Gasteiger partial charge in [0, 0.05) is 17.7 Å². The van der Waals surface area contributed by atoms with Crippen molar-refractivity contribution < 1.29 is 52.4 Å². The van der Waals surface area contributed by atoms with Gasteiger partial charge in [0.1, 0.15) is 23.0 Å². The standard InChI is InChI=1S/C49H57N3O11S/c1-5-44(53)60-29-11-7-6-10-28-59-38-22-24-39(25-23-38)61-46(55)34-18-20-35(21-19-34)47(56)62-40-26-27-42(63-48(57)36-16-14-33(15-17-36)45(54)58-4)37(30-40)31-50-52(32(2)3)49-51-41-12-8-9-13-43(41)64-49/h5,8-9,12-13,22-27,30-36H,1,6-7,10-11,14-21,28-29H2,2-4H3/b50-31+/t33-,34-,35-,36-. The van der Waals surface area contributed by atoms with Crippen LogP contribution >= 0.6 is 11.3 Å². The van der Waals surface area contributed by atoms with E-state index in [9.17, 15) is 24.0 Å². The predicted molar refractivity (Wildman–Crippen MR) is 243 cm³/mol. The van der Waals surface area contributed by atoms with Crippen molar-refractivity contribution in [3.63, 3.8) is 0 Å². The molecule has 15 heteroatoms. The van der Waals surface area contributed by atoms with Gasteiger partial charge in [-0.2, -0.15) is 5.10 Å². The van der Waals surface area contributed by atoms with Crippen molar-refractivity contribution in [1.82, 2.24) is 4.98 Å². The maximum atomic E-state index is 13.5. The van der Waals surface area contributed by atoms with Crippen LogP contribution in [-0.2, 0) is 33.4 Å². The number of aromatic nitrogens is 1. The van der Waals surface area contributed by atoms with Crippen LogP contribution in [0.5, 0.6) is 23.0 Å². The van der Waals surface area contributed by atoms with Crippen LogP contribution in [0.15, 0.2) is 84.5 Å². The average molecular weight is 896 g/mol. The van der Waals surface area contributed by atoms with Gasteiger partial charge in [-0.1, -0.05) is 30.0 Å². The monoisotopic (exact) mass is 895 g/mol. The van der Waals surface area contributed by atoms with Gasteiger partial charge in [0.15, 0.2) is 0 Å². The summed E-state index contributed by atoms with van der Waals surface area (Å²) in [6.07, 6.45) is 10.2. The van der Waals surface area contributed by atoms with Crippen molar-refractivity contribution in [3.05, 3.63) is 84.9 Å². The zero-order valence-electron chi connectivity index (χ0n) is 36.7. The Balaban J connectivity index is 1.02. The first kappa shape index (κ1) is 47.4. The Morgan fingerprint density at radius 2 is 1.27 bits per heavy atom. The van der Waals surface area contributed by atoms with E-state index in [-0.39, 0.29) is 47.2 Å². The van der Waals surface area contributed by atoms with Crippen molar-refractivity contribution in [2.24, 2.45) is 28.8 Å². The molecule has 0 saturated heterocycles. The number of ether oxygens (including phenoxy) is 6. The Hall–Kier alpha value is -6.09. The van der Waals surface area contributed by atoms with Gasteiger partial charge in [-0.15, -0.1) is 0 Å². The normalized spacial score (nSPS) is 18.6. The number of para-hydroxylation sites is 1. The molecular weight excluding hydrogens is 839 g/mol. The number of nitrogens with zero attached hydrogens (tertiary/aromatic N) is 3. The molecule has 64 heavy (non-hydrogen) atoms. The van der Waals surface area contributed by atoms with Gasteiger partial charge in [0.2, 0.25) is 5.13 Å². The zero-order valence-corrected chi connectivity index (χ0v) is 37.6. The molecule has 2 saturated carbocycles. The van der Waals surface area contributed by atoms with Crippen LogP contribution < -0.4 is 24.0 Å². The number of carbonyl (C=O) groups excluding carboxylic acids is 5. The fraction of sp³-hybridized carbons (Fsp3) is 0.449. The molecule has 3 aromatic carbocycles. The summed E-state index contributed by atoms with van der Waals surface area (Å²) in [5.41, 5.74) is 1.29. The topological polar surface area (TPSA) is 169 Å². The minimum absolute atomic E-state index is 0.0664. The van der Waals surface area contributed by atoms with Crippen LogP contribution in [0.3, 0.4) is 0 Å². The summed E-state index contributed by atoms with van der Waals surface area (Å²) in [4.78, 5) is 68.0. The summed E-state index contributed by atoms with van der Waals surface area (Å²) in [5.74, 6) is -1.60. The SMILES string of the molecule is C=CC(=O)OCCCCCCOc1ccc(OC(=O)[C@H]2CC[C@H](C(=O)Oc3ccc(OC(=O)[C@H]4CC[C@H](C(=O)OC)CC4)c(/C=N/N(c4nc5ccccc5s4)C(C)C)c3)CC2)cc1. The second-order valence-electron chi connectivity index (χ2n) is 16.3. The first-order valence-corrected chi connectivity index (χ1v) is 22.9.